The van der Waals surface area contributed by atoms with Gasteiger partial charge in [-0.2, -0.15) is 0 Å². The highest BCUT2D eigenvalue weighted by Crippen LogP contribution is 2.52. The van der Waals surface area contributed by atoms with Crippen molar-refractivity contribution in [1.29, 1.82) is 0 Å². The number of anilines is 3. The molecular formula is C37H24N2. The summed E-state index contributed by atoms with van der Waals surface area (Å²) in [5.41, 5.74) is 10.7. The second-order valence-corrected chi connectivity index (χ2v) is 9.98. The first-order chi connectivity index (χ1) is 19.4. The van der Waals surface area contributed by atoms with E-state index in [0.29, 0.717) is 0 Å². The molecule has 0 aliphatic heterocycles. The first-order valence-electron chi connectivity index (χ1n) is 13.3. The van der Waals surface area contributed by atoms with Gasteiger partial charge in [0.2, 0.25) is 0 Å². The molecular weight excluding hydrogens is 472 g/mol. The van der Waals surface area contributed by atoms with Crippen LogP contribution < -0.4 is 4.90 Å². The van der Waals surface area contributed by atoms with E-state index in [0.717, 1.165) is 22.8 Å². The molecule has 7 aromatic rings. The molecule has 0 saturated heterocycles. The minimum absolute atomic E-state index is 1.09. The first kappa shape index (κ1) is 21.8. The third kappa shape index (κ3) is 3.32. The second-order valence-electron chi connectivity index (χ2n) is 9.98. The fraction of sp³-hybridized carbons (Fsp3) is 0. The maximum atomic E-state index is 4.83. The molecule has 182 valence electrons. The van der Waals surface area contributed by atoms with Crippen LogP contribution in [0.15, 0.2) is 146 Å². The molecule has 0 radical (unpaired) electrons. The van der Waals surface area contributed by atoms with Crippen molar-refractivity contribution in [3.8, 4) is 33.5 Å². The SMILES string of the molecule is c1ccc(N(c2ccccc2)c2ccc(-c3c4ccccc4c4c5c(cccc35)-c3cccnc3-4)cc2)cc1. The summed E-state index contributed by atoms with van der Waals surface area (Å²) in [6.45, 7) is 0. The van der Waals surface area contributed by atoms with Gasteiger partial charge in [0, 0.05) is 39.8 Å². The molecule has 0 atom stereocenters. The molecule has 2 nitrogen and oxygen atoms in total. The maximum absolute atomic E-state index is 4.83. The lowest BCUT2D eigenvalue weighted by atomic mass is 9.88. The van der Waals surface area contributed by atoms with E-state index >= 15 is 0 Å². The number of nitrogens with zero attached hydrogens (tertiary/aromatic N) is 2. The summed E-state index contributed by atoms with van der Waals surface area (Å²) in [6.07, 6.45) is 1.91. The number of rotatable bonds is 4. The van der Waals surface area contributed by atoms with Crippen molar-refractivity contribution in [3.05, 3.63) is 146 Å². The van der Waals surface area contributed by atoms with Crippen molar-refractivity contribution in [2.75, 3.05) is 4.90 Å². The van der Waals surface area contributed by atoms with Crippen molar-refractivity contribution < 1.29 is 0 Å². The molecule has 0 amide bonds. The second kappa shape index (κ2) is 8.68. The van der Waals surface area contributed by atoms with Crippen LogP contribution in [0.5, 0.6) is 0 Å². The normalized spacial score (nSPS) is 11.6. The first-order valence-corrected chi connectivity index (χ1v) is 13.3. The summed E-state index contributed by atoms with van der Waals surface area (Å²) in [5.74, 6) is 0. The lowest BCUT2D eigenvalue weighted by Gasteiger charge is -2.25. The zero-order valence-corrected chi connectivity index (χ0v) is 21.3. The number of aromatic nitrogens is 1. The van der Waals surface area contributed by atoms with Crippen LogP contribution >= 0.6 is 0 Å². The minimum atomic E-state index is 1.09. The van der Waals surface area contributed by atoms with Gasteiger partial charge in [-0.1, -0.05) is 97.1 Å². The van der Waals surface area contributed by atoms with Gasteiger partial charge in [-0.05, 0) is 75.3 Å². The summed E-state index contributed by atoms with van der Waals surface area (Å²) in [4.78, 5) is 7.14. The van der Waals surface area contributed by atoms with Crippen LogP contribution in [0.25, 0.3) is 55.1 Å². The Labute approximate surface area is 227 Å². The Kier molecular flexibility index (Phi) is 4.86. The minimum Gasteiger partial charge on any atom is -0.311 e. The van der Waals surface area contributed by atoms with E-state index in [9.17, 15) is 0 Å². The Morgan fingerprint density at radius 3 is 1.67 bits per heavy atom. The molecule has 2 heteroatoms. The summed E-state index contributed by atoms with van der Waals surface area (Å²) < 4.78 is 0. The lowest BCUT2D eigenvalue weighted by Crippen LogP contribution is -2.09. The molecule has 0 bridgehead atoms. The Morgan fingerprint density at radius 1 is 0.410 bits per heavy atom. The van der Waals surface area contributed by atoms with Gasteiger partial charge >= 0.3 is 0 Å². The highest BCUT2D eigenvalue weighted by atomic mass is 15.1. The molecule has 0 spiro atoms. The molecule has 0 N–H and O–H groups in total. The topological polar surface area (TPSA) is 16.1 Å². The van der Waals surface area contributed by atoms with E-state index in [1.165, 1.54) is 49.4 Å². The van der Waals surface area contributed by atoms with Gasteiger partial charge in [0.1, 0.15) is 0 Å². The number of hydrogen-bond acceptors (Lipinski definition) is 2. The molecule has 1 aliphatic rings. The van der Waals surface area contributed by atoms with Gasteiger partial charge < -0.3 is 4.90 Å². The quantitative estimate of drug-likeness (QED) is 0.225. The van der Waals surface area contributed by atoms with Crippen LogP contribution in [-0.4, -0.2) is 4.98 Å². The van der Waals surface area contributed by atoms with Gasteiger partial charge in [-0.25, -0.2) is 0 Å². The van der Waals surface area contributed by atoms with Crippen molar-refractivity contribution in [2.24, 2.45) is 0 Å². The molecule has 0 saturated carbocycles. The fourth-order valence-corrected chi connectivity index (χ4v) is 6.21. The molecule has 8 rings (SSSR count). The van der Waals surface area contributed by atoms with Crippen LogP contribution in [0, 0.1) is 0 Å². The van der Waals surface area contributed by atoms with Crippen LogP contribution in [0.1, 0.15) is 0 Å². The van der Waals surface area contributed by atoms with Crippen LogP contribution in [0.2, 0.25) is 0 Å². The zero-order chi connectivity index (χ0) is 25.8. The van der Waals surface area contributed by atoms with Crippen molar-refractivity contribution >= 4 is 38.6 Å². The Morgan fingerprint density at radius 2 is 0.974 bits per heavy atom. The summed E-state index contributed by atoms with van der Waals surface area (Å²) in [6, 6.07) is 49.8. The van der Waals surface area contributed by atoms with E-state index in [4.69, 9.17) is 4.98 Å². The van der Waals surface area contributed by atoms with Crippen molar-refractivity contribution in [3.63, 3.8) is 0 Å². The van der Waals surface area contributed by atoms with E-state index in [2.05, 4.69) is 138 Å². The average molecular weight is 497 g/mol. The molecule has 39 heavy (non-hydrogen) atoms. The number of para-hydroxylation sites is 2. The van der Waals surface area contributed by atoms with Crippen LogP contribution in [0.3, 0.4) is 0 Å². The fourth-order valence-electron chi connectivity index (χ4n) is 6.21. The summed E-state index contributed by atoms with van der Waals surface area (Å²) in [5, 5.41) is 5.09. The summed E-state index contributed by atoms with van der Waals surface area (Å²) in [7, 11) is 0. The predicted molar refractivity (Wildman–Crippen MR) is 164 cm³/mol. The summed E-state index contributed by atoms with van der Waals surface area (Å²) >= 11 is 0. The van der Waals surface area contributed by atoms with Gasteiger partial charge in [0.15, 0.2) is 0 Å². The third-order valence-electron chi connectivity index (χ3n) is 7.83. The Bertz CT molecular complexity index is 1950. The molecule has 6 aromatic carbocycles. The van der Waals surface area contributed by atoms with Gasteiger partial charge in [-0.15, -0.1) is 0 Å². The Balaban J connectivity index is 1.35. The monoisotopic (exact) mass is 496 g/mol. The van der Waals surface area contributed by atoms with Gasteiger partial charge in [-0.3, -0.25) is 4.98 Å². The zero-order valence-electron chi connectivity index (χ0n) is 21.3. The van der Waals surface area contributed by atoms with Crippen LogP contribution in [0.4, 0.5) is 17.1 Å². The maximum Gasteiger partial charge on any atom is 0.0793 e. The average Bonchev–Trinajstić information content (AvgIpc) is 3.35. The number of fused-ring (bicyclic) bond motifs is 5. The highest BCUT2D eigenvalue weighted by Gasteiger charge is 2.27. The molecule has 0 fully saturated rings. The van der Waals surface area contributed by atoms with E-state index in [1.54, 1.807) is 0 Å². The van der Waals surface area contributed by atoms with Crippen molar-refractivity contribution in [2.45, 2.75) is 0 Å². The number of benzene rings is 6. The van der Waals surface area contributed by atoms with E-state index < -0.39 is 0 Å². The molecule has 0 unspecified atom stereocenters. The van der Waals surface area contributed by atoms with Crippen LogP contribution in [-0.2, 0) is 0 Å². The van der Waals surface area contributed by atoms with E-state index in [1.807, 2.05) is 12.3 Å². The largest absolute Gasteiger partial charge is 0.311 e. The molecule has 1 heterocycles. The van der Waals surface area contributed by atoms with Crippen molar-refractivity contribution in [1.82, 2.24) is 4.98 Å². The lowest BCUT2D eigenvalue weighted by molar-refractivity contribution is 1.28. The third-order valence-corrected chi connectivity index (χ3v) is 7.83. The molecule has 1 aromatic heterocycles. The van der Waals surface area contributed by atoms with Gasteiger partial charge in [0.25, 0.3) is 0 Å². The number of hydrogen-bond donors (Lipinski definition) is 0. The van der Waals surface area contributed by atoms with Gasteiger partial charge in [0.05, 0.1) is 5.69 Å². The standard InChI is InChI=1S/C37H24N2/c1-3-11-26(12-4-1)39(27-13-5-2-6-14-27)28-22-20-25(21-23-28)34-29-15-7-8-16-30(29)36-35-31(17-9-18-33(34)35)32-19-10-24-38-37(32)36/h1-24H. The number of pyridine rings is 1. The smallest absolute Gasteiger partial charge is 0.0793 e. The highest BCUT2D eigenvalue weighted by molar-refractivity contribution is 6.28. The predicted octanol–water partition coefficient (Wildman–Crippen LogP) is 10.2. The molecule has 1 aliphatic carbocycles. The Hall–Kier alpha value is -5.21. The van der Waals surface area contributed by atoms with E-state index in [-0.39, 0.29) is 0 Å².